The summed E-state index contributed by atoms with van der Waals surface area (Å²) in [6, 6.07) is 0. The molecule has 0 aromatic heterocycles. The van der Waals surface area contributed by atoms with E-state index in [1.807, 2.05) is 0 Å². The number of ketones is 1. The van der Waals surface area contributed by atoms with E-state index in [1.54, 1.807) is 0 Å². The van der Waals surface area contributed by atoms with Crippen molar-refractivity contribution >= 4 is 5.78 Å². The molecular weight excluding hydrogens is 138 g/mol. The van der Waals surface area contributed by atoms with Gasteiger partial charge in [0.1, 0.15) is 5.78 Å². The van der Waals surface area contributed by atoms with Gasteiger partial charge in [0.05, 0.1) is 6.42 Å². The fourth-order valence-corrected chi connectivity index (χ4v) is 1.37. The molecule has 0 bridgehead atoms. The van der Waals surface area contributed by atoms with Crippen molar-refractivity contribution in [1.29, 1.82) is 0 Å². The van der Waals surface area contributed by atoms with Gasteiger partial charge in [-0.05, 0) is 19.4 Å². The number of terminal acetylenes is 1. The van der Waals surface area contributed by atoms with Crippen molar-refractivity contribution in [3.63, 3.8) is 0 Å². The molecule has 11 heavy (non-hydrogen) atoms. The fourth-order valence-electron chi connectivity index (χ4n) is 1.37. The van der Waals surface area contributed by atoms with E-state index in [4.69, 9.17) is 6.42 Å². The van der Waals surface area contributed by atoms with E-state index in [0.29, 0.717) is 6.42 Å². The Hall–Kier alpha value is -0.810. The van der Waals surface area contributed by atoms with Crippen LogP contribution in [0.25, 0.3) is 0 Å². The Labute approximate surface area is 67.4 Å². The van der Waals surface area contributed by atoms with Gasteiger partial charge in [-0.1, -0.05) is 5.92 Å². The standard InChI is InChI=1S/C9H13NO/c1-2-4-9(11)8-5-3-6-10-7-8/h1,8,10H,3-7H2/t8-/m1/s1. The van der Waals surface area contributed by atoms with Gasteiger partial charge in [0.15, 0.2) is 0 Å². The zero-order chi connectivity index (χ0) is 8.10. The summed E-state index contributed by atoms with van der Waals surface area (Å²) >= 11 is 0. The number of hydrogen-bond acceptors (Lipinski definition) is 2. The molecule has 2 heteroatoms. The normalized spacial score (nSPS) is 24.1. The lowest BCUT2D eigenvalue weighted by Crippen LogP contribution is -2.34. The van der Waals surface area contributed by atoms with Crippen LogP contribution in [0.15, 0.2) is 0 Å². The van der Waals surface area contributed by atoms with Gasteiger partial charge in [-0.15, -0.1) is 6.42 Å². The van der Waals surface area contributed by atoms with Crippen LogP contribution < -0.4 is 5.32 Å². The van der Waals surface area contributed by atoms with Crippen molar-refractivity contribution < 1.29 is 4.79 Å². The highest BCUT2D eigenvalue weighted by molar-refractivity contribution is 5.83. The molecule has 0 aromatic carbocycles. The highest BCUT2D eigenvalue weighted by Crippen LogP contribution is 2.11. The van der Waals surface area contributed by atoms with Crippen molar-refractivity contribution in [3.05, 3.63) is 0 Å². The van der Waals surface area contributed by atoms with E-state index in [0.717, 1.165) is 25.9 Å². The third-order valence-electron chi connectivity index (χ3n) is 2.03. The summed E-state index contributed by atoms with van der Waals surface area (Å²) < 4.78 is 0. The number of hydrogen-bond donors (Lipinski definition) is 1. The third-order valence-corrected chi connectivity index (χ3v) is 2.03. The Kier molecular flexibility index (Phi) is 3.13. The zero-order valence-electron chi connectivity index (χ0n) is 6.60. The number of piperidine rings is 1. The monoisotopic (exact) mass is 151 g/mol. The van der Waals surface area contributed by atoms with Crippen LogP contribution in [0.3, 0.4) is 0 Å². The molecule has 1 aliphatic rings. The molecule has 2 nitrogen and oxygen atoms in total. The van der Waals surface area contributed by atoms with Gasteiger partial charge in [-0.2, -0.15) is 0 Å². The van der Waals surface area contributed by atoms with Gasteiger partial charge in [-0.25, -0.2) is 0 Å². The van der Waals surface area contributed by atoms with Crippen LogP contribution in [-0.2, 0) is 4.79 Å². The first-order valence-electron chi connectivity index (χ1n) is 4.01. The molecule has 0 saturated carbocycles. The van der Waals surface area contributed by atoms with E-state index in [2.05, 4.69) is 11.2 Å². The molecular formula is C9H13NO. The highest BCUT2D eigenvalue weighted by atomic mass is 16.1. The van der Waals surface area contributed by atoms with E-state index < -0.39 is 0 Å². The molecule has 0 unspecified atom stereocenters. The molecule has 0 amide bonds. The molecule has 1 heterocycles. The van der Waals surface area contributed by atoms with Gasteiger partial charge in [0, 0.05) is 12.5 Å². The number of rotatable bonds is 2. The van der Waals surface area contributed by atoms with Crippen molar-refractivity contribution in [2.45, 2.75) is 19.3 Å². The summed E-state index contributed by atoms with van der Waals surface area (Å²) in [6.07, 6.45) is 7.45. The minimum atomic E-state index is 0.180. The molecule has 0 radical (unpaired) electrons. The fraction of sp³-hybridized carbons (Fsp3) is 0.667. The quantitative estimate of drug-likeness (QED) is 0.585. The minimum absolute atomic E-state index is 0.180. The van der Waals surface area contributed by atoms with Crippen LogP contribution in [0.4, 0.5) is 0 Å². The molecule has 1 aliphatic heterocycles. The summed E-state index contributed by atoms with van der Waals surface area (Å²) in [5.41, 5.74) is 0. The lowest BCUT2D eigenvalue weighted by atomic mass is 9.94. The van der Waals surface area contributed by atoms with Crippen molar-refractivity contribution in [3.8, 4) is 12.3 Å². The molecule has 1 N–H and O–H groups in total. The van der Waals surface area contributed by atoms with Gasteiger partial charge in [0.25, 0.3) is 0 Å². The van der Waals surface area contributed by atoms with E-state index in [-0.39, 0.29) is 11.7 Å². The molecule has 0 spiro atoms. The first-order chi connectivity index (χ1) is 5.34. The van der Waals surface area contributed by atoms with Crippen LogP contribution in [0.1, 0.15) is 19.3 Å². The second kappa shape index (κ2) is 4.15. The first-order valence-corrected chi connectivity index (χ1v) is 4.01. The first kappa shape index (κ1) is 8.29. The van der Waals surface area contributed by atoms with Gasteiger partial charge >= 0.3 is 0 Å². The van der Waals surface area contributed by atoms with Crippen LogP contribution in [0.5, 0.6) is 0 Å². The number of carbonyl (C=O) groups is 1. The second-order valence-electron chi connectivity index (χ2n) is 2.89. The predicted octanol–water partition coefficient (Wildman–Crippen LogP) is 0.578. The highest BCUT2D eigenvalue weighted by Gasteiger charge is 2.19. The molecule has 1 atom stereocenters. The Balaban J connectivity index is 2.34. The van der Waals surface area contributed by atoms with Crippen molar-refractivity contribution in [2.75, 3.05) is 13.1 Å². The van der Waals surface area contributed by atoms with Crippen molar-refractivity contribution in [2.24, 2.45) is 5.92 Å². The molecule has 0 aliphatic carbocycles. The Bertz CT molecular complexity index is 174. The van der Waals surface area contributed by atoms with Crippen molar-refractivity contribution in [1.82, 2.24) is 5.32 Å². The molecule has 1 fully saturated rings. The third kappa shape index (κ3) is 2.36. The summed E-state index contributed by atoms with van der Waals surface area (Å²) in [5.74, 6) is 2.79. The molecule has 1 rings (SSSR count). The largest absolute Gasteiger partial charge is 0.316 e. The average molecular weight is 151 g/mol. The summed E-state index contributed by atoms with van der Waals surface area (Å²) in [7, 11) is 0. The maximum Gasteiger partial charge on any atom is 0.149 e. The number of carbonyl (C=O) groups excluding carboxylic acids is 1. The van der Waals surface area contributed by atoms with Crippen LogP contribution in [0, 0.1) is 18.3 Å². The van der Waals surface area contributed by atoms with Gasteiger partial charge < -0.3 is 5.32 Å². The topological polar surface area (TPSA) is 29.1 Å². The predicted molar refractivity (Wildman–Crippen MR) is 44.1 cm³/mol. The average Bonchev–Trinajstić information content (AvgIpc) is 2.07. The molecule has 0 aromatic rings. The van der Waals surface area contributed by atoms with E-state index in [9.17, 15) is 4.79 Å². The van der Waals surface area contributed by atoms with E-state index >= 15 is 0 Å². The number of Topliss-reactive ketones (excluding diaryl/α,β-unsaturated/α-hetero) is 1. The summed E-state index contributed by atoms with van der Waals surface area (Å²) in [4.78, 5) is 11.2. The Morgan fingerprint density at radius 3 is 3.09 bits per heavy atom. The smallest absolute Gasteiger partial charge is 0.149 e. The van der Waals surface area contributed by atoms with E-state index in [1.165, 1.54) is 0 Å². The maximum atomic E-state index is 11.2. The minimum Gasteiger partial charge on any atom is -0.316 e. The summed E-state index contributed by atoms with van der Waals surface area (Å²) in [5, 5.41) is 3.18. The lowest BCUT2D eigenvalue weighted by molar-refractivity contribution is -0.122. The van der Waals surface area contributed by atoms with Gasteiger partial charge in [-0.3, -0.25) is 4.79 Å². The lowest BCUT2D eigenvalue weighted by Gasteiger charge is -2.20. The van der Waals surface area contributed by atoms with Crippen LogP contribution >= 0.6 is 0 Å². The zero-order valence-corrected chi connectivity index (χ0v) is 6.60. The van der Waals surface area contributed by atoms with Crippen LogP contribution in [-0.4, -0.2) is 18.9 Å². The second-order valence-corrected chi connectivity index (χ2v) is 2.89. The van der Waals surface area contributed by atoms with Gasteiger partial charge in [0.2, 0.25) is 0 Å². The van der Waals surface area contributed by atoms with Crippen LogP contribution in [0.2, 0.25) is 0 Å². The Morgan fingerprint density at radius 1 is 1.73 bits per heavy atom. The SMILES string of the molecule is C#CCC(=O)[C@@H]1CCCNC1. The maximum absolute atomic E-state index is 11.2. The Morgan fingerprint density at radius 2 is 2.55 bits per heavy atom. The molecule has 60 valence electrons. The summed E-state index contributed by atoms with van der Waals surface area (Å²) in [6.45, 7) is 1.86. The molecule has 1 saturated heterocycles. The number of nitrogens with one attached hydrogen (secondary N) is 1.